The summed E-state index contributed by atoms with van der Waals surface area (Å²) >= 11 is 0. The molecule has 1 aromatic carbocycles. The largest absolute Gasteiger partial charge is 0.351 e. The van der Waals surface area contributed by atoms with Crippen LogP contribution in [0, 0.1) is 13.8 Å². The summed E-state index contributed by atoms with van der Waals surface area (Å²) in [6, 6.07) is 12.0. The standard InChI is InChI=1S/C17H23N3O.ClH/c1-4-18-10-11-19-17(21)16-12-13(2)20(14(16)3)15-8-6-5-7-9-15;/h5-9,12,18H,4,10-11H2,1-3H3,(H,19,21);1H. The summed E-state index contributed by atoms with van der Waals surface area (Å²) in [7, 11) is 0. The zero-order valence-electron chi connectivity index (χ0n) is 13.3. The second-order valence-electron chi connectivity index (χ2n) is 5.07. The molecule has 120 valence electrons. The number of carbonyl (C=O) groups is 1. The highest BCUT2D eigenvalue weighted by molar-refractivity contribution is 5.95. The smallest absolute Gasteiger partial charge is 0.253 e. The average molecular weight is 322 g/mol. The number of hydrogen-bond acceptors (Lipinski definition) is 2. The van der Waals surface area contributed by atoms with Crippen LogP contribution in [0.15, 0.2) is 36.4 Å². The molecule has 1 heterocycles. The van der Waals surface area contributed by atoms with Crippen molar-refractivity contribution >= 4 is 18.3 Å². The predicted octanol–water partition coefficient (Wildman–Crippen LogP) is 2.86. The molecule has 4 nitrogen and oxygen atoms in total. The van der Waals surface area contributed by atoms with Crippen molar-refractivity contribution in [1.29, 1.82) is 0 Å². The van der Waals surface area contributed by atoms with Gasteiger partial charge in [-0.05, 0) is 38.6 Å². The Morgan fingerprint density at radius 3 is 2.45 bits per heavy atom. The van der Waals surface area contributed by atoms with Gasteiger partial charge in [0.05, 0.1) is 5.56 Å². The van der Waals surface area contributed by atoms with Gasteiger partial charge >= 0.3 is 0 Å². The third kappa shape index (κ3) is 4.12. The van der Waals surface area contributed by atoms with Gasteiger partial charge in [0.25, 0.3) is 5.91 Å². The van der Waals surface area contributed by atoms with Crippen LogP contribution in [0.2, 0.25) is 0 Å². The fraction of sp³-hybridized carbons (Fsp3) is 0.353. The van der Waals surface area contributed by atoms with Crippen LogP contribution < -0.4 is 10.6 Å². The van der Waals surface area contributed by atoms with E-state index in [1.807, 2.05) is 50.2 Å². The number of nitrogens with zero attached hydrogens (tertiary/aromatic N) is 1. The first-order chi connectivity index (χ1) is 10.1. The fourth-order valence-electron chi connectivity index (χ4n) is 2.50. The van der Waals surface area contributed by atoms with Crippen molar-refractivity contribution in [3.05, 3.63) is 53.3 Å². The molecule has 1 aromatic heterocycles. The summed E-state index contributed by atoms with van der Waals surface area (Å²) in [5.41, 5.74) is 3.86. The van der Waals surface area contributed by atoms with Gasteiger partial charge in [-0.3, -0.25) is 4.79 Å². The molecule has 5 heteroatoms. The van der Waals surface area contributed by atoms with Gasteiger partial charge in [-0.1, -0.05) is 25.1 Å². The first kappa shape index (κ1) is 18.3. The highest BCUT2D eigenvalue weighted by Gasteiger charge is 2.15. The number of rotatable bonds is 6. The molecule has 0 saturated heterocycles. The van der Waals surface area contributed by atoms with Crippen LogP contribution in [-0.4, -0.2) is 30.1 Å². The molecule has 0 aliphatic heterocycles. The lowest BCUT2D eigenvalue weighted by Gasteiger charge is -2.10. The zero-order valence-corrected chi connectivity index (χ0v) is 14.2. The van der Waals surface area contributed by atoms with Crippen LogP contribution >= 0.6 is 12.4 Å². The molecule has 22 heavy (non-hydrogen) atoms. The quantitative estimate of drug-likeness (QED) is 0.804. The highest BCUT2D eigenvalue weighted by atomic mass is 35.5. The van der Waals surface area contributed by atoms with E-state index in [1.165, 1.54) is 0 Å². The third-order valence-electron chi connectivity index (χ3n) is 3.53. The van der Waals surface area contributed by atoms with Gasteiger partial charge in [0.1, 0.15) is 0 Å². The molecule has 0 atom stereocenters. The van der Waals surface area contributed by atoms with E-state index in [0.29, 0.717) is 6.54 Å². The summed E-state index contributed by atoms with van der Waals surface area (Å²) in [6.45, 7) is 8.41. The maximum atomic E-state index is 12.3. The number of hydrogen-bond donors (Lipinski definition) is 2. The highest BCUT2D eigenvalue weighted by Crippen LogP contribution is 2.20. The number of carbonyl (C=O) groups excluding carboxylic acids is 1. The monoisotopic (exact) mass is 321 g/mol. The molecule has 1 amide bonds. The number of para-hydroxylation sites is 1. The van der Waals surface area contributed by atoms with Crippen molar-refractivity contribution in [3.8, 4) is 5.69 Å². The molecule has 2 N–H and O–H groups in total. The molecule has 2 rings (SSSR count). The minimum atomic E-state index is -0.0109. The fourth-order valence-corrected chi connectivity index (χ4v) is 2.50. The number of benzene rings is 1. The minimum absolute atomic E-state index is 0. The lowest BCUT2D eigenvalue weighted by atomic mass is 10.2. The van der Waals surface area contributed by atoms with Crippen LogP contribution in [0.4, 0.5) is 0 Å². The van der Waals surface area contributed by atoms with Gasteiger partial charge in [0.15, 0.2) is 0 Å². The zero-order chi connectivity index (χ0) is 15.2. The molecule has 0 bridgehead atoms. The van der Waals surface area contributed by atoms with Gasteiger partial charge in [-0.15, -0.1) is 12.4 Å². The molecule has 0 spiro atoms. The van der Waals surface area contributed by atoms with Crippen molar-refractivity contribution in [1.82, 2.24) is 15.2 Å². The molecule has 0 saturated carbocycles. The number of nitrogens with one attached hydrogen (secondary N) is 2. The second kappa shape index (κ2) is 8.61. The van der Waals surface area contributed by atoms with E-state index in [4.69, 9.17) is 0 Å². The number of halogens is 1. The van der Waals surface area contributed by atoms with Crippen LogP contribution in [0.3, 0.4) is 0 Å². The molecule has 0 fully saturated rings. The van der Waals surface area contributed by atoms with Crippen LogP contribution in [-0.2, 0) is 0 Å². The topological polar surface area (TPSA) is 46.1 Å². The molecule has 0 aliphatic rings. The van der Waals surface area contributed by atoms with Gasteiger partial charge < -0.3 is 15.2 Å². The average Bonchev–Trinajstić information content (AvgIpc) is 2.79. The van der Waals surface area contributed by atoms with Crippen LogP contribution in [0.1, 0.15) is 28.7 Å². The molecular formula is C17H24ClN3O. The van der Waals surface area contributed by atoms with Gasteiger partial charge in [-0.25, -0.2) is 0 Å². The van der Waals surface area contributed by atoms with E-state index in [0.717, 1.165) is 35.7 Å². The second-order valence-corrected chi connectivity index (χ2v) is 5.07. The van der Waals surface area contributed by atoms with Crippen molar-refractivity contribution < 1.29 is 4.79 Å². The Labute approximate surface area is 138 Å². The SMILES string of the molecule is CCNCCNC(=O)c1cc(C)n(-c2ccccc2)c1C.Cl. The third-order valence-corrected chi connectivity index (χ3v) is 3.53. The van der Waals surface area contributed by atoms with Gasteiger partial charge in [-0.2, -0.15) is 0 Å². The summed E-state index contributed by atoms with van der Waals surface area (Å²) in [5.74, 6) is -0.0109. The Kier molecular flexibility index (Phi) is 7.15. The Bertz CT molecular complexity index is 608. The Hall–Kier alpha value is -1.78. The lowest BCUT2D eigenvalue weighted by molar-refractivity contribution is 0.0953. The van der Waals surface area contributed by atoms with Crippen molar-refractivity contribution in [2.24, 2.45) is 0 Å². The van der Waals surface area contributed by atoms with Gasteiger partial charge in [0, 0.05) is 30.2 Å². The summed E-state index contributed by atoms with van der Waals surface area (Å²) in [4.78, 5) is 12.3. The number of aryl methyl sites for hydroxylation is 1. The molecule has 2 aromatic rings. The number of likely N-dealkylation sites (N-methyl/N-ethyl adjacent to an activating group) is 1. The first-order valence-electron chi connectivity index (χ1n) is 7.38. The first-order valence-corrected chi connectivity index (χ1v) is 7.38. The predicted molar refractivity (Wildman–Crippen MR) is 93.4 cm³/mol. The molecule has 0 radical (unpaired) electrons. The molecule has 0 unspecified atom stereocenters. The van der Waals surface area contributed by atoms with Crippen molar-refractivity contribution in [2.75, 3.05) is 19.6 Å². The van der Waals surface area contributed by atoms with E-state index < -0.39 is 0 Å². The Balaban J connectivity index is 0.00000242. The van der Waals surface area contributed by atoms with E-state index >= 15 is 0 Å². The number of aromatic nitrogens is 1. The van der Waals surface area contributed by atoms with E-state index in [2.05, 4.69) is 22.1 Å². The Morgan fingerprint density at radius 1 is 1.14 bits per heavy atom. The van der Waals surface area contributed by atoms with Gasteiger partial charge in [0.2, 0.25) is 0 Å². The van der Waals surface area contributed by atoms with Crippen molar-refractivity contribution in [3.63, 3.8) is 0 Å². The van der Waals surface area contributed by atoms with E-state index in [9.17, 15) is 4.79 Å². The Morgan fingerprint density at radius 2 is 1.82 bits per heavy atom. The van der Waals surface area contributed by atoms with Crippen molar-refractivity contribution in [2.45, 2.75) is 20.8 Å². The van der Waals surface area contributed by atoms with Crippen LogP contribution in [0.25, 0.3) is 5.69 Å². The maximum absolute atomic E-state index is 12.3. The normalized spacial score (nSPS) is 10.1. The summed E-state index contributed by atoms with van der Waals surface area (Å²) in [5, 5.41) is 6.14. The van der Waals surface area contributed by atoms with E-state index in [-0.39, 0.29) is 18.3 Å². The maximum Gasteiger partial charge on any atom is 0.253 e. The van der Waals surface area contributed by atoms with E-state index in [1.54, 1.807) is 0 Å². The number of amides is 1. The summed E-state index contributed by atoms with van der Waals surface area (Å²) in [6.07, 6.45) is 0. The summed E-state index contributed by atoms with van der Waals surface area (Å²) < 4.78 is 2.11. The minimum Gasteiger partial charge on any atom is -0.351 e. The molecule has 0 aliphatic carbocycles. The lowest BCUT2D eigenvalue weighted by Crippen LogP contribution is -2.31. The molecular weight excluding hydrogens is 298 g/mol. The van der Waals surface area contributed by atoms with Crippen LogP contribution in [0.5, 0.6) is 0 Å².